The van der Waals surface area contributed by atoms with Gasteiger partial charge in [-0.15, -0.1) is 11.3 Å². The van der Waals surface area contributed by atoms with Crippen molar-refractivity contribution < 1.29 is 23.0 Å². The number of hydrogen-bond acceptors (Lipinski definition) is 11. The number of hydrogen-bond donors (Lipinski definition) is 1. The summed E-state index contributed by atoms with van der Waals surface area (Å²) in [5, 5.41) is 11.1. The SMILES string of the molecule is C=CC(=O)N1CCC(N(CC)c2nc(OC[C@@]34CCCN3C[C@H](F)C4)nc3c(Cl)c(-c4ccc(F)c5sc(N)c(C#N)c45)ncc23)[C@H]1COC. The van der Waals surface area contributed by atoms with E-state index in [1.54, 1.807) is 18.2 Å². The summed E-state index contributed by atoms with van der Waals surface area (Å²) in [5.74, 6) is -0.188. The van der Waals surface area contributed by atoms with E-state index in [9.17, 15) is 18.8 Å². The summed E-state index contributed by atoms with van der Waals surface area (Å²) in [6.07, 6.45) is 4.78. The smallest absolute Gasteiger partial charge is 0.319 e. The van der Waals surface area contributed by atoms with Crippen LogP contribution in [0.1, 0.15) is 38.2 Å². The number of amides is 1. The highest BCUT2D eigenvalue weighted by Gasteiger charge is 2.49. The third-order valence-electron chi connectivity index (χ3n) is 10.4. The van der Waals surface area contributed by atoms with Gasteiger partial charge in [0.15, 0.2) is 0 Å². The normalized spacial score (nSPS) is 23.4. The average Bonchev–Trinajstić information content (AvgIpc) is 3.86. The van der Waals surface area contributed by atoms with Crippen LogP contribution < -0.4 is 15.4 Å². The van der Waals surface area contributed by atoms with E-state index in [1.807, 2.05) is 6.92 Å². The number of alkyl halides is 1. The molecule has 6 heterocycles. The predicted octanol–water partition coefficient (Wildman–Crippen LogP) is 5.74. The molecule has 7 rings (SSSR count). The molecule has 15 heteroatoms. The van der Waals surface area contributed by atoms with Crippen LogP contribution in [0.2, 0.25) is 5.02 Å². The Hall–Kier alpha value is -4.16. The van der Waals surface area contributed by atoms with E-state index >= 15 is 0 Å². The number of carbonyl (C=O) groups excluding carboxylic acids is 1. The number of nitrogens with zero attached hydrogens (tertiary/aromatic N) is 7. The van der Waals surface area contributed by atoms with Crippen molar-refractivity contribution in [3.63, 3.8) is 0 Å². The van der Waals surface area contributed by atoms with Crippen molar-refractivity contribution in [1.82, 2.24) is 24.8 Å². The van der Waals surface area contributed by atoms with Crippen molar-refractivity contribution >= 4 is 60.7 Å². The van der Waals surface area contributed by atoms with Gasteiger partial charge in [0.25, 0.3) is 0 Å². The van der Waals surface area contributed by atoms with E-state index in [0.29, 0.717) is 66.8 Å². The minimum absolute atomic E-state index is 0.0654. The molecule has 0 spiro atoms. The van der Waals surface area contributed by atoms with Gasteiger partial charge < -0.3 is 25.0 Å². The van der Waals surface area contributed by atoms with Gasteiger partial charge in [0.2, 0.25) is 5.91 Å². The predicted molar refractivity (Wildman–Crippen MR) is 190 cm³/mol. The number of anilines is 2. The standard InChI is InChI=1S/C35H37ClF2N8O3S/c1-4-26(47)46-12-9-24(25(46)17-48-3)45(5-2)33-22-15-41-29(20-7-8-23(38)31-27(20)21(14-39)32(40)50-31)28(36)30(22)42-34(43-33)49-18-35-10-6-11-44(35)16-19(37)13-35/h4,7-8,15,19,24-25H,1,5-6,9-13,16-18,40H2,2-3H3/t19-,24?,25-,35+/m1/s1. The second-order valence-corrected chi connectivity index (χ2v) is 14.5. The van der Waals surface area contributed by atoms with E-state index in [1.165, 1.54) is 18.2 Å². The summed E-state index contributed by atoms with van der Waals surface area (Å²) in [7, 11) is 1.60. The highest BCUT2D eigenvalue weighted by atomic mass is 35.5. The monoisotopic (exact) mass is 722 g/mol. The Kier molecular flexibility index (Phi) is 9.27. The summed E-state index contributed by atoms with van der Waals surface area (Å²) in [5.41, 5.74) is 6.89. The van der Waals surface area contributed by atoms with E-state index in [2.05, 4.69) is 22.4 Å². The van der Waals surface area contributed by atoms with Crippen molar-refractivity contribution in [1.29, 1.82) is 5.26 Å². The molecule has 3 aliphatic rings. The number of methoxy groups -OCH3 is 1. The zero-order valence-electron chi connectivity index (χ0n) is 27.8. The van der Waals surface area contributed by atoms with Gasteiger partial charge in [0, 0.05) is 50.3 Å². The Balaban J connectivity index is 1.38. The summed E-state index contributed by atoms with van der Waals surface area (Å²) in [4.78, 5) is 33.3. The van der Waals surface area contributed by atoms with Gasteiger partial charge in [-0.3, -0.25) is 14.7 Å². The van der Waals surface area contributed by atoms with Crippen molar-refractivity contribution in [3.8, 4) is 23.3 Å². The molecule has 3 saturated heterocycles. The number of halogens is 3. The van der Waals surface area contributed by atoms with Gasteiger partial charge in [-0.1, -0.05) is 18.2 Å². The number of fused-ring (bicyclic) bond motifs is 3. The van der Waals surface area contributed by atoms with Crippen LogP contribution in [-0.4, -0.2) is 101 Å². The number of thiophene rings is 1. The Bertz CT molecular complexity index is 2040. The number of aromatic nitrogens is 3. The molecule has 0 radical (unpaired) electrons. The van der Waals surface area contributed by atoms with Crippen LogP contribution in [-0.2, 0) is 9.53 Å². The third kappa shape index (κ3) is 5.60. The number of carbonyl (C=O) groups is 1. The maximum atomic E-state index is 14.9. The maximum Gasteiger partial charge on any atom is 0.319 e. The fourth-order valence-corrected chi connectivity index (χ4v) is 9.39. The van der Waals surface area contributed by atoms with E-state index in [4.69, 9.17) is 41.8 Å². The summed E-state index contributed by atoms with van der Waals surface area (Å²) < 4.78 is 41.8. The molecule has 3 aliphatic heterocycles. The van der Waals surface area contributed by atoms with Crippen LogP contribution in [0.15, 0.2) is 31.0 Å². The molecular formula is C35H37ClF2N8O3S. The summed E-state index contributed by atoms with van der Waals surface area (Å²) in [6.45, 7) is 8.38. The van der Waals surface area contributed by atoms with E-state index in [-0.39, 0.29) is 56.6 Å². The lowest BCUT2D eigenvalue weighted by atomic mass is 9.95. The average molecular weight is 723 g/mol. The van der Waals surface area contributed by atoms with Crippen molar-refractivity contribution in [2.75, 3.05) is 57.1 Å². The first kappa shape index (κ1) is 34.3. The number of likely N-dealkylation sites (N-methyl/N-ethyl adjacent to an activating group) is 1. The lowest BCUT2D eigenvalue weighted by Gasteiger charge is -2.35. The van der Waals surface area contributed by atoms with Gasteiger partial charge >= 0.3 is 6.01 Å². The number of pyridine rings is 1. The molecule has 1 amide bonds. The van der Waals surface area contributed by atoms with Crippen LogP contribution in [0.4, 0.5) is 19.6 Å². The summed E-state index contributed by atoms with van der Waals surface area (Å²) >= 11 is 8.18. The molecule has 3 aromatic heterocycles. The largest absolute Gasteiger partial charge is 0.461 e. The first-order chi connectivity index (χ1) is 24.1. The Morgan fingerprint density at radius 1 is 1.36 bits per heavy atom. The van der Waals surface area contributed by atoms with Gasteiger partial charge in [0.1, 0.15) is 41.0 Å². The lowest BCUT2D eigenvalue weighted by Crippen LogP contribution is -2.49. The first-order valence-electron chi connectivity index (χ1n) is 16.6. The highest BCUT2D eigenvalue weighted by molar-refractivity contribution is 7.23. The molecule has 2 N–H and O–H groups in total. The lowest BCUT2D eigenvalue weighted by molar-refractivity contribution is -0.127. The molecule has 262 valence electrons. The minimum Gasteiger partial charge on any atom is -0.461 e. The minimum atomic E-state index is -0.927. The Morgan fingerprint density at radius 2 is 2.18 bits per heavy atom. The molecule has 0 saturated carbocycles. The van der Waals surface area contributed by atoms with Crippen molar-refractivity contribution in [3.05, 3.63) is 47.4 Å². The van der Waals surface area contributed by atoms with Crippen LogP contribution in [0.3, 0.4) is 0 Å². The topological polar surface area (TPSA) is 134 Å². The maximum absolute atomic E-state index is 14.9. The zero-order valence-corrected chi connectivity index (χ0v) is 29.4. The number of ether oxygens (including phenoxy) is 2. The number of nitrogen functional groups attached to an aromatic ring is 1. The van der Waals surface area contributed by atoms with Gasteiger partial charge in [-0.25, -0.2) is 8.78 Å². The Labute approximate surface area is 297 Å². The highest BCUT2D eigenvalue weighted by Crippen LogP contribution is 2.45. The quantitative estimate of drug-likeness (QED) is 0.202. The number of likely N-dealkylation sites (tertiary alicyclic amines) is 1. The van der Waals surface area contributed by atoms with Gasteiger partial charge in [-0.2, -0.15) is 15.2 Å². The zero-order chi connectivity index (χ0) is 35.3. The van der Waals surface area contributed by atoms with Crippen LogP contribution in [0.5, 0.6) is 6.01 Å². The first-order valence-corrected chi connectivity index (χ1v) is 17.8. The summed E-state index contributed by atoms with van der Waals surface area (Å²) in [6, 6.07) is 4.51. The van der Waals surface area contributed by atoms with E-state index < -0.39 is 17.5 Å². The number of nitrogens with two attached hydrogens (primary N) is 1. The number of nitriles is 1. The third-order valence-corrected chi connectivity index (χ3v) is 11.8. The second-order valence-electron chi connectivity index (χ2n) is 13.0. The molecular weight excluding hydrogens is 686 g/mol. The van der Waals surface area contributed by atoms with Gasteiger partial charge in [-0.05, 0) is 50.9 Å². The molecule has 0 aliphatic carbocycles. The number of benzene rings is 1. The number of rotatable bonds is 10. The fraction of sp³-hybridized carbons (Fsp3) is 0.457. The molecule has 1 aromatic carbocycles. The molecule has 1 unspecified atom stereocenters. The van der Waals surface area contributed by atoms with Gasteiger partial charge in [0.05, 0.1) is 50.6 Å². The second kappa shape index (κ2) is 13.5. The molecule has 11 nitrogen and oxygen atoms in total. The molecule has 4 aromatic rings. The van der Waals surface area contributed by atoms with E-state index in [0.717, 1.165) is 30.7 Å². The van der Waals surface area contributed by atoms with Crippen LogP contribution >= 0.6 is 22.9 Å². The molecule has 4 atom stereocenters. The van der Waals surface area contributed by atoms with Crippen molar-refractivity contribution in [2.45, 2.75) is 56.4 Å². The van der Waals surface area contributed by atoms with Crippen LogP contribution in [0.25, 0.3) is 32.2 Å². The molecule has 3 fully saturated rings. The molecule has 50 heavy (non-hydrogen) atoms. The molecule has 0 bridgehead atoms. The van der Waals surface area contributed by atoms with Crippen LogP contribution in [0, 0.1) is 17.1 Å². The fourth-order valence-electron chi connectivity index (χ4n) is 8.14. The Morgan fingerprint density at radius 3 is 2.92 bits per heavy atom. The van der Waals surface area contributed by atoms with Crippen molar-refractivity contribution in [2.24, 2.45) is 0 Å².